The zero-order chi connectivity index (χ0) is 26.3. The minimum atomic E-state index is 1.30. The minimum Gasteiger partial charge on any atom is -0.135 e. The highest BCUT2D eigenvalue weighted by Gasteiger charge is 2.24. The standard InChI is InChI=1S/C38H22S2/c1-19-3-7-21(8-4-19)31-17-27-25-13-11-24-16-30-36-26(28-18-32(40-38(28)30)22-9-5-20(2)6-10-22)14-12-23-15-29(37(27)39-31)35(25)33(24)34(23)36/h3-18H,1-2H3. The van der Waals surface area contributed by atoms with E-state index in [1.54, 1.807) is 0 Å². The van der Waals surface area contributed by atoms with Crippen molar-refractivity contribution in [2.24, 2.45) is 0 Å². The second-order valence-electron chi connectivity index (χ2n) is 11.5. The Bertz CT molecular complexity index is 2390. The molecule has 2 heteroatoms. The maximum atomic E-state index is 2.47. The highest BCUT2D eigenvalue weighted by Crippen LogP contribution is 2.53. The molecule has 0 aliphatic carbocycles. The first-order chi connectivity index (χ1) is 19.6. The molecule has 0 saturated carbocycles. The predicted molar refractivity (Wildman–Crippen MR) is 179 cm³/mol. The molecule has 2 heterocycles. The van der Waals surface area contributed by atoms with Crippen molar-refractivity contribution in [2.45, 2.75) is 13.8 Å². The first-order valence-electron chi connectivity index (χ1n) is 13.8. The second kappa shape index (κ2) is 7.28. The Morgan fingerprint density at radius 1 is 0.375 bits per heavy atom. The Morgan fingerprint density at radius 2 is 0.800 bits per heavy atom. The Kier molecular flexibility index (Phi) is 3.93. The van der Waals surface area contributed by atoms with Gasteiger partial charge in [0.25, 0.3) is 0 Å². The van der Waals surface area contributed by atoms with Gasteiger partial charge in [0.15, 0.2) is 0 Å². The Hall–Kier alpha value is -4.24. The minimum absolute atomic E-state index is 1.30. The SMILES string of the molecule is Cc1ccc(-c2cc3c4ccc5cc6c7sc(-c8ccc(C)cc8)cc7c7ccc8cc(c3s2)c4c5c8c76)cc1. The molecule has 0 bridgehead atoms. The summed E-state index contributed by atoms with van der Waals surface area (Å²) in [7, 11) is 0. The molecule has 0 fully saturated rings. The second-order valence-corrected chi connectivity index (χ2v) is 13.6. The lowest BCUT2D eigenvalue weighted by Gasteiger charge is -2.12. The molecule has 10 rings (SSSR count). The summed E-state index contributed by atoms with van der Waals surface area (Å²) >= 11 is 3.88. The normalized spacial score (nSPS) is 12.8. The Morgan fingerprint density at radius 3 is 1.23 bits per heavy atom. The Labute approximate surface area is 238 Å². The maximum Gasteiger partial charge on any atom is 0.0434 e. The summed E-state index contributed by atoms with van der Waals surface area (Å²) in [5.41, 5.74) is 5.22. The molecule has 0 unspecified atom stereocenters. The maximum absolute atomic E-state index is 2.47. The zero-order valence-corrected chi connectivity index (χ0v) is 23.7. The smallest absolute Gasteiger partial charge is 0.0434 e. The fourth-order valence-corrected chi connectivity index (χ4v) is 9.54. The van der Waals surface area contributed by atoms with Crippen molar-refractivity contribution in [1.29, 1.82) is 0 Å². The van der Waals surface area contributed by atoms with Gasteiger partial charge in [-0.3, -0.25) is 0 Å². The van der Waals surface area contributed by atoms with E-state index in [-0.39, 0.29) is 0 Å². The van der Waals surface area contributed by atoms with E-state index in [0.717, 1.165) is 0 Å². The molecule has 40 heavy (non-hydrogen) atoms. The molecule has 0 radical (unpaired) electrons. The van der Waals surface area contributed by atoms with E-state index in [0.29, 0.717) is 0 Å². The van der Waals surface area contributed by atoms with Gasteiger partial charge in [-0.2, -0.15) is 0 Å². The quantitative estimate of drug-likeness (QED) is 0.191. The number of rotatable bonds is 2. The van der Waals surface area contributed by atoms with Crippen molar-refractivity contribution < 1.29 is 0 Å². The summed E-state index contributed by atoms with van der Waals surface area (Å²) in [6, 6.07) is 37.2. The molecular weight excluding hydrogens is 521 g/mol. The third-order valence-electron chi connectivity index (χ3n) is 9.07. The molecule has 0 aliphatic rings. The van der Waals surface area contributed by atoms with E-state index >= 15 is 0 Å². The molecule has 0 amide bonds. The molecule has 0 N–H and O–H groups in total. The number of thiophene rings is 2. The third kappa shape index (κ3) is 2.61. The fraction of sp³-hybridized carbons (Fsp3) is 0.0526. The lowest BCUT2D eigenvalue weighted by molar-refractivity contribution is 1.48. The summed E-state index contributed by atoms with van der Waals surface area (Å²) in [6.45, 7) is 4.31. The number of fused-ring (bicyclic) bond motifs is 6. The van der Waals surface area contributed by atoms with Gasteiger partial charge in [0.1, 0.15) is 0 Å². The topological polar surface area (TPSA) is 0 Å². The molecule has 10 aromatic rings. The van der Waals surface area contributed by atoms with E-state index in [9.17, 15) is 0 Å². The van der Waals surface area contributed by atoms with Crippen LogP contribution in [0.2, 0.25) is 0 Å². The van der Waals surface area contributed by atoms with Crippen LogP contribution in [-0.4, -0.2) is 0 Å². The molecule has 0 spiro atoms. The number of aryl methyl sites for hydroxylation is 2. The van der Waals surface area contributed by atoms with Gasteiger partial charge in [-0.05, 0) is 92.3 Å². The van der Waals surface area contributed by atoms with E-state index in [4.69, 9.17) is 0 Å². The van der Waals surface area contributed by atoms with Crippen molar-refractivity contribution in [3.8, 4) is 20.9 Å². The summed E-state index contributed by atoms with van der Waals surface area (Å²) < 4.78 is 2.84. The van der Waals surface area contributed by atoms with Gasteiger partial charge in [-0.25, -0.2) is 0 Å². The largest absolute Gasteiger partial charge is 0.135 e. The Balaban J connectivity index is 1.29. The third-order valence-corrected chi connectivity index (χ3v) is 11.5. The summed E-state index contributed by atoms with van der Waals surface area (Å²) in [4.78, 5) is 2.70. The van der Waals surface area contributed by atoms with Crippen LogP contribution in [0.3, 0.4) is 0 Å². The first-order valence-corrected chi connectivity index (χ1v) is 15.5. The van der Waals surface area contributed by atoms with Crippen LogP contribution in [0.25, 0.3) is 94.9 Å². The van der Waals surface area contributed by atoms with E-state index in [2.05, 4.69) is 111 Å². The van der Waals surface area contributed by atoms with Crippen LogP contribution in [0.5, 0.6) is 0 Å². The highest BCUT2D eigenvalue weighted by atomic mass is 32.1. The lowest BCUT2D eigenvalue weighted by atomic mass is 9.91. The number of benzene rings is 6. The molecule has 186 valence electrons. The van der Waals surface area contributed by atoms with Gasteiger partial charge in [-0.15, -0.1) is 22.7 Å². The fourth-order valence-electron chi connectivity index (χ4n) is 7.14. The monoisotopic (exact) mass is 542 g/mol. The molecule has 2 aromatic heterocycles. The highest BCUT2D eigenvalue weighted by molar-refractivity contribution is 7.24. The number of hydrogen-bond donors (Lipinski definition) is 0. The van der Waals surface area contributed by atoms with Crippen LogP contribution >= 0.6 is 22.7 Å². The molecule has 0 aliphatic heterocycles. The summed E-state index contributed by atoms with van der Waals surface area (Å²) in [5.74, 6) is 0. The van der Waals surface area contributed by atoms with Gasteiger partial charge in [0.05, 0.1) is 0 Å². The summed E-state index contributed by atoms with van der Waals surface area (Å²) in [6.07, 6.45) is 0. The van der Waals surface area contributed by atoms with Gasteiger partial charge >= 0.3 is 0 Å². The van der Waals surface area contributed by atoms with Crippen LogP contribution in [0, 0.1) is 13.8 Å². The predicted octanol–water partition coefficient (Wildman–Crippen LogP) is 12.1. The van der Waals surface area contributed by atoms with Crippen molar-refractivity contribution >= 4 is 96.7 Å². The van der Waals surface area contributed by atoms with Crippen LogP contribution in [0.15, 0.2) is 97.1 Å². The van der Waals surface area contributed by atoms with E-state index < -0.39 is 0 Å². The van der Waals surface area contributed by atoms with Crippen molar-refractivity contribution in [1.82, 2.24) is 0 Å². The number of hydrogen-bond acceptors (Lipinski definition) is 2. The molecule has 0 nitrogen and oxygen atoms in total. The zero-order valence-electron chi connectivity index (χ0n) is 22.1. The van der Waals surface area contributed by atoms with Crippen molar-refractivity contribution in [3.05, 3.63) is 108 Å². The van der Waals surface area contributed by atoms with E-state index in [1.807, 2.05) is 22.7 Å². The van der Waals surface area contributed by atoms with Crippen LogP contribution < -0.4 is 0 Å². The molecule has 0 saturated heterocycles. The molecule has 8 aromatic carbocycles. The molecule has 0 atom stereocenters. The average molecular weight is 543 g/mol. The van der Waals surface area contributed by atoms with Gasteiger partial charge in [-0.1, -0.05) is 83.9 Å². The van der Waals surface area contributed by atoms with Crippen LogP contribution in [-0.2, 0) is 0 Å². The van der Waals surface area contributed by atoms with Crippen molar-refractivity contribution in [2.75, 3.05) is 0 Å². The van der Waals surface area contributed by atoms with Gasteiger partial charge in [0, 0.05) is 40.7 Å². The lowest BCUT2D eigenvalue weighted by Crippen LogP contribution is -1.84. The average Bonchev–Trinajstić information content (AvgIpc) is 3.72. The summed E-state index contributed by atoms with van der Waals surface area (Å²) in [5, 5.41) is 16.9. The van der Waals surface area contributed by atoms with Crippen molar-refractivity contribution in [3.63, 3.8) is 0 Å². The first kappa shape index (κ1) is 21.6. The van der Waals surface area contributed by atoms with Gasteiger partial charge < -0.3 is 0 Å². The van der Waals surface area contributed by atoms with E-state index in [1.165, 1.54) is 106 Å². The van der Waals surface area contributed by atoms with Crippen LogP contribution in [0.4, 0.5) is 0 Å². The van der Waals surface area contributed by atoms with Crippen LogP contribution in [0.1, 0.15) is 11.1 Å². The van der Waals surface area contributed by atoms with Gasteiger partial charge in [0.2, 0.25) is 0 Å². The molecular formula is C38H22S2.